The topological polar surface area (TPSA) is 144 Å². The van der Waals surface area contributed by atoms with Crippen molar-refractivity contribution in [2.24, 2.45) is 0 Å². The summed E-state index contributed by atoms with van der Waals surface area (Å²) in [7, 11) is 3.19. The molecular weight excluding hydrogens is 488 g/mol. The molecule has 3 rings (SSSR count). The Bertz CT molecular complexity index is 1280. The van der Waals surface area contributed by atoms with Crippen LogP contribution >= 0.6 is 0 Å². The molecule has 1 heterocycles. The van der Waals surface area contributed by atoms with Crippen LogP contribution in [0, 0.1) is 10.8 Å². The maximum Gasteiger partial charge on any atom is 0.251 e. The monoisotopic (exact) mass is 524 g/mol. The van der Waals surface area contributed by atoms with Crippen LogP contribution in [0.25, 0.3) is 11.0 Å². The van der Waals surface area contributed by atoms with Gasteiger partial charge in [0.15, 0.2) is 22.8 Å². The van der Waals surface area contributed by atoms with Crippen LogP contribution in [0.15, 0.2) is 42.5 Å². The molecule has 0 unspecified atom stereocenters. The van der Waals surface area contributed by atoms with E-state index in [1.165, 1.54) is 4.57 Å². The molecule has 4 N–H and O–H groups in total. The zero-order chi connectivity index (χ0) is 27.3. The smallest absolute Gasteiger partial charge is 0.251 e. The summed E-state index contributed by atoms with van der Waals surface area (Å²) in [5.74, 6) is 1.39. The first-order valence-corrected chi connectivity index (χ1v) is 12.5. The summed E-state index contributed by atoms with van der Waals surface area (Å²) in [6, 6.07) is 12.6. The van der Waals surface area contributed by atoms with Gasteiger partial charge in [-0.3, -0.25) is 20.2 Å². The van der Waals surface area contributed by atoms with E-state index in [2.05, 4.69) is 15.6 Å². The van der Waals surface area contributed by atoms with E-state index in [1.807, 2.05) is 18.2 Å². The van der Waals surface area contributed by atoms with E-state index < -0.39 is 0 Å². The number of anilines is 1. The zero-order valence-corrected chi connectivity index (χ0v) is 22.1. The lowest BCUT2D eigenvalue weighted by Crippen LogP contribution is -2.30. The molecule has 0 bridgehead atoms. The molecule has 204 valence electrons. The van der Waals surface area contributed by atoms with Gasteiger partial charge in [0.2, 0.25) is 0 Å². The van der Waals surface area contributed by atoms with Crippen molar-refractivity contribution < 1.29 is 23.7 Å². The van der Waals surface area contributed by atoms with Crippen LogP contribution in [0.2, 0.25) is 0 Å². The molecule has 0 radical (unpaired) electrons. The third-order valence-corrected chi connectivity index (χ3v) is 5.60. The summed E-state index contributed by atoms with van der Waals surface area (Å²) in [6.07, 6.45) is 1.52. The predicted molar refractivity (Wildman–Crippen MR) is 146 cm³/mol. The number of nitrogens with one attached hydrogen (secondary N) is 4. The highest BCUT2D eigenvalue weighted by Crippen LogP contribution is 2.32. The molecular formula is C27H36N6O5. The van der Waals surface area contributed by atoms with E-state index in [0.717, 1.165) is 12.8 Å². The van der Waals surface area contributed by atoms with Crippen molar-refractivity contribution in [1.29, 1.82) is 10.8 Å². The molecule has 11 heteroatoms. The molecule has 0 aliphatic heterocycles. The second-order valence-corrected chi connectivity index (χ2v) is 8.46. The van der Waals surface area contributed by atoms with Crippen molar-refractivity contribution in [2.45, 2.75) is 19.8 Å². The number of nitrogens with zero attached hydrogens (tertiary/aromatic N) is 2. The van der Waals surface area contributed by atoms with E-state index in [0.29, 0.717) is 73.4 Å². The van der Waals surface area contributed by atoms with E-state index in [9.17, 15) is 4.79 Å². The Morgan fingerprint density at radius 3 is 2.21 bits per heavy atom. The maximum absolute atomic E-state index is 12.2. The van der Waals surface area contributed by atoms with Gasteiger partial charge in [-0.25, -0.2) is 4.98 Å². The number of rotatable bonds is 15. The highest BCUT2D eigenvalue weighted by atomic mass is 16.5. The van der Waals surface area contributed by atoms with Crippen molar-refractivity contribution in [3.05, 3.63) is 53.5 Å². The lowest BCUT2D eigenvalue weighted by Gasteiger charge is -2.17. The van der Waals surface area contributed by atoms with Crippen molar-refractivity contribution in [3.8, 4) is 11.5 Å². The molecule has 38 heavy (non-hydrogen) atoms. The minimum atomic E-state index is -0.0974. The number of carbonyl (C=O) groups is 1. The van der Waals surface area contributed by atoms with Gasteiger partial charge in [0.25, 0.3) is 5.91 Å². The third-order valence-electron chi connectivity index (χ3n) is 5.60. The van der Waals surface area contributed by atoms with Gasteiger partial charge >= 0.3 is 0 Å². The molecule has 3 aromatic rings. The first-order chi connectivity index (χ1) is 18.5. The summed E-state index contributed by atoms with van der Waals surface area (Å²) in [4.78, 5) is 16.8. The number of hydrogen-bond acceptors (Lipinski definition) is 9. The lowest BCUT2D eigenvalue weighted by molar-refractivity contribution is 0.0953. The zero-order valence-electron chi connectivity index (χ0n) is 22.1. The second-order valence-electron chi connectivity index (χ2n) is 8.46. The molecule has 2 aromatic carbocycles. The average Bonchev–Trinajstić information content (AvgIpc) is 2.91. The predicted octanol–water partition coefficient (Wildman–Crippen LogP) is 3.03. The number of methoxy groups -OCH3 is 2. The molecule has 0 spiro atoms. The maximum atomic E-state index is 12.2. The number of amides is 1. The quantitative estimate of drug-likeness (QED) is 0.136. The Morgan fingerprint density at radius 1 is 0.947 bits per heavy atom. The van der Waals surface area contributed by atoms with Crippen LogP contribution in [0.5, 0.6) is 11.5 Å². The standard InChI is InChI=1S/C27H36N6O5/c1-19(28)33-22-18-24(38-16-14-36-3)23(37-15-13-35-2)17-21(22)32-26(25(33)29)30-11-7-8-12-31-27(34)20-9-5-4-6-10-20/h4-6,9-10,17-18,28-29H,7-8,11-16H2,1-3H3,(H,30,32)(H,31,34). The van der Waals surface area contributed by atoms with Gasteiger partial charge in [-0.2, -0.15) is 0 Å². The summed E-state index contributed by atoms with van der Waals surface area (Å²) in [5.41, 5.74) is 1.81. The average molecular weight is 525 g/mol. The Labute approximate surface area is 222 Å². The van der Waals surface area contributed by atoms with E-state index in [-0.39, 0.29) is 17.2 Å². The number of fused-ring (bicyclic) bond motifs is 1. The second kappa shape index (κ2) is 14.7. The van der Waals surface area contributed by atoms with Gasteiger partial charge in [-0.05, 0) is 31.9 Å². The van der Waals surface area contributed by atoms with Crippen LogP contribution < -0.4 is 25.6 Å². The molecule has 0 saturated carbocycles. The lowest BCUT2D eigenvalue weighted by atomic mass is 10.2. The SMILES string of the molecule is COCCOc1cc2nc(NCCCCNC(=O)c3ccccc3)c(=N)n(C(C)=N)c2cc1OCCOC. The minimum absolute atomic E-state index is 0.0678. The fraction of sp³-hybridized carbons (Fsp3) is 0.407. The normalized spacial score (nSPS) is 10.8. The molecule has 1 amide bonds. The number of carbonyl (C=O) groups excluding carboxylic acids is 1. The first-order valence-electron chi connectivity index (χ1n) is 12.5. The first kappa shape index (κ1) is 28.6. The number of unbranched alkanes of at least 4 members (excludes halogenated alkanes) is 1. The van der Waals surface area contributed by atoms with Gasteiger partial charge in [-0.1, -0.05) is 18.2 Å². The third kappa shape index (κ3) is 7.77. The summed E-state index contributed by atoms with van der Waals surface area (Å²) in [5, 5.41) is 23.1. The van der Waals surface area contributed by atoms with Crippen molar-refractivity contribution >= 4 is 28.6 Å². The number of benzene rings is 2. The number of aromatic nitrogens is 2. The van der Waals surface area contributed by atoms with Crippen LogP contribution in [0.1, 0.15) is 30.1 Å². The molecule has 1 aromatic heterocycles. The largest absolute Gasteiger partial charge is 0.487 e. The number of ether oxygens (including phenoxy) is 4. The van der Waals surface area contributed by atoms with Gasteiger partial charge in [-0.15, -0.1) is 0 Å². The van der Waals surface area contributed by atoms with Crippen LogP contribution in [0.4, 0.5) is 5.82 Å². The molecule has 11 nitrogen and oxygen atoms in total. The molecule has 0 fully saturated rings. The highest BCUT2D eigenvalue weighted by Gasteiger charge is 2.16. The molecule has 0 aliphatic carbocycles. The van der Waals surface area contributed by atoms with E-state index in [4.69, 9.17) is 29.8 Å². The minimum Gasteiger partial charge on any atom is -0.487 e. The number of hydrogen-bond donors (Lipinski definition) is 4. The van der Waals surface area contributed by atoms with Gasteiger partial charge in [0.1, 0.15) is 19.0 Å². The Hall–Kier alpha value is -3.96. The van der Waals surface area contributed by atoms with Gasteiger partial charge in [0, 0.05) is 45.0 Å². The van der Waals surface area contributed by atoms with Crippen molar-refractivity contribution in [3.63, 3.8) is 0 Å². The molecule has 0 saturated heterocycles. The highest BCUT2D eigenvalue weighted by molar-refractivity contribution is 5.94. The van der Waals surface area contributed by atoms with Crippen LogP contribution in [-0.2, 0) is 9.47 Å². The summed E-state index contributed by atoms with van der Waals surface area (Å²) >= 11 is 0. The van der Waals surface area contributed by atoms with Gasteiger partial charge < -0.3 is 29.6 Å². The van der Waals surface area contributed by atoms with Gasteiger partial charge in [0.05, 0.1) is 24.2 Å². The Balaban J connectivity index is 1.73. The Morgan fingerprint density at radius 2 is 1.58 bits per heavy atom. The Kier molecular flexibility index (Phi) is 11.1. The van der Waals surface area contributed by atoms with Crippen molar-refractivity contribution in [1.82, 2.24) is 14.9 Å². The van der Waals surface area contributed by atoms with E-state index >= 15 is 0 Å². The summed E-state index contributed by atoms with van der Waals surface area (Å²) < 4.78 is 23.4. The van der Waals surface area contributed by atoms with Crippen LogP contribution in [0.3, 0.4) is 0 Å². The van der Waals surface area contributed by atoms with Crippen molar-refractivity contribution in [2.75, 3.05) is 59.1 Å². The molecule has 0 aliphatic rings. The molecule has 0 atom stereocenters. The fourth-order valence-corrected chi connectivity index (χ4v) is 3.72. The van der Waals surface area contributed by atoms with Crippen LogP contribution in [-0.4, -0.2) is 75.0 Å². The fourth-order valence-electron chi connectivity index (χ4n) is 3.72. The van der Waals surface area contributed by atoms with E-state index in [1.54, 1.807) is 45.4 Å². The summed E-state index contributed by atoms with van der Waals surface area (Å²) in [6.45, 7) is 4.17.